The average Bonchev–Trinajstić information content (AvgIpc) is 2.34. The van der Waals surface area contributed by atoms with Gasteiger partial charge in [0.25, 0.3) is 0 Å². The first-order valence-corrected chi connectivity index (χ1v) is 5.90. The van der Waals surface area contributed by atoms with E-state index in [0.717, 1.165) is 0 Å². The van der Waals surface area contributed by atoms with Crippen LogP contribution in [0.5, 0.6) is 0 Å². The van der Waals surface area contributed by atoms with Crippen molar-refractivity contribution in [2.24, 2.45) is 0 Å². The molecule has 0 spiro atoms. The normalized spacial score (nSPS) is 13.1. The van der Waals surface area contributed by atoms with E-state index in [1.807, 2.05) is 24.3 Å². The monoisotopic (exact) mass is 230 g/mol. The minimum atomic E-state index is -0.216. The lowest BCUT2D eigenvalue weighted by atomic mass is 9.97. The first kappa shape index (κ1) is 13.4. The summed E-state index contributed by atoms with van der Waals surface area (Å²) in [4.78, 5) is 0. The second-order valence-electron chi connectivity index (χ2n) is 4.18. The Hall–Kier alpha value is -1.63. The van der Waals surface area contributed by atoms with E-state index < -0.39 is 0 Å². The zero-order valence-electron chi connectivity index (χ0n) is 10.7. The summed E-state index contributed by atoms with van der Waals surface area (Å²) in [5.41, 5.74) is 2.50. The average molecular weight is 230 g/mol. The van der Waals surface area contributed by atoms with Crippen LogP contribution in [-0.2, 0) is 0 Å². The molecule has 0 nitrogen and oxygen atoms in total. The molecule has 0 fully saturated rings. The highest BCUT2D eigenvalue weighted by Gasteiger charge is 2.01. The van der Waals surface area contributed by atoms with Crippen LogP contribution >= 0.6 is 0 Å². The van der Waals surface area contributed by atoms with Crippen LogP contribution in [0, 0.1) is 0 Å². The Balaban J connectivity index is 2.81. The third-order valence-corrected chi connectivity index (χ3v) is 2.54. The Morgan fingerprint density at radius 2 is 1.88 bits per heavy atom. The highest BCUT2D eigenvalue weighted by Crippen LogP contribution is 2.20. The van der Waals surface area contributed by atoms with E-state index in [0.29, 0.717) is 5.92 Å². The molecule has 0 atom stereocenters. The number of allylic oxidation sites excluding steroid dienone is 5. The van der Waals surface area contributed by atoms with Crippen molar-refractivity contribution >= 4 is 6.08 Å². The van der Waals surface area contributed by atoms with E-state index in [1.54, 1.807) is 13.0 Å². The van der Waals surface area contributed by atoms with Gasteiger partial charge in [-0.15, -0.1) is 0 Å². The molecule has 0 aliphatic rings. The van der Waals surface area contributed by atoms with Gasteiger partial charge in [-0.05, 0) is 30.0 Å². The highest BCUT2D eigenvalue weighted by atomic mass is 19.1. The van der Waals surface area contributed by atoms with Gasteiger partial charge in [-0.1, -0.05) is 62.4 Å². The maximum atomic E-state index is 12.8. The highest BCUT2D eigenvalue weighted by molar-refractivity contribution is 5.56. The molecule has 0 radical (unpaired) electrons. The topological polar surface area (TPSA) is 0 Å². The molecular weight excluding hydrogens is 211 g/mol. The van der Waals surface area contributed by atoms with E-state index in [4.69, 9.17) is 0 Å². The first-order valence-electron chi connectivity index (χ1n) is 5.90. The van der Waals surface area contributed by atoms with Crippen LogP contribution in [0.2, 0.25) is 0 Å². The quantitative estimate of drug-likeness (QED) is 0.619. The molecule has 0 unspecified atom stereocenters. The van der Waals surface area contributed by atoms with Crippen molar-refractivity contribution in [2.45, 2.75) is 26.7 Å². The van der Waals surface area contributed by atoms with Crippen molar-refractivity contribution in [3.63, 3.8) is 0 Å². The van der Waals surface area contributed by atoms with E-state index in [2.05, 4.69) is 26.0 Å². The van der Waals surface area contributed by atoms with Gasteiger partial charge in [-0.2, -0.15) is 0 Å². The summed E-state index contributed by atoms with van der Waals surface area (Å²) in [5.74, 6) is 0.277. The molecule has 1 aromatic carbocycles. The number of rotatable bonds is 4. The SMILES string of the molecule is C\C=C(F)/C=C\C=C\c1ccccc1C(C)C. The second kappa shape index (κ2) is 6.85. The van der Waals surface area contributed by atoms with Gasteiger partial charge in [-0.3, -0.25) is 0 Å². The molecule has 0 bridgehead atoms. The van der Waals surface area contributed by atoms with Crippen molar-refractivity contribution in [1.82, 2.24) is 0 Å². The van der Waals surface area contributed by atoms with Gasteiger partial charge in [0.2, 0.25) is 0 Å². The first-order chi connectivity index (χ1) is 8.15. The van der Waals surface area contributed by atoms with Crippen molar-refractivity contribution in [1.29, 1.82) is 0 Å². The molecule has 0 aliphatic heterocycles. The van der Waals surface area contributed by atoms with Gasteiger partial charge in [0.1, 0.15) is 5.83 Å². The van der Waals surface area contributed by atoms with E-state index in [9.17, 15) is 4.39 Å². The standard InChI is InChI=1S/C16H19F/c1-4-15(17)11-7-5-9-14-10-6-8-12-16(14)13(2)3/h4-13H,1-3H3/b9-5+,11-7-,15-4+. The van der Waals surface area contributed by atoms with Crippen LogP contribution in [-0.4, -0.2) is 0 Å². The molecule has 0 aromatic heterocycles. The Morgan fingerprint density at radius 1 is 1.18 bits per heavy atom. The third-order valence-electron chi connectivity index (χ3n) is 2.54. The van der Waals surface area contributed by atoms with Crippen LogP contribution < -0.4 is 0 Å². The van der Waals surface area contributed by atoms with Crippen LogP contribution in [0.15, 0.2) is 54.4 Å². The van der Waals surface area contributed by atoms with Gasteiger partial charge in [0, 0.05) is 0 Å². The zero-order chi connectivity index (χ0) is 12.7. The van der Waals surface area contributed by atoms with Crippen LogP contribution in [0.1, 0.15) is 37.8 Å². The minimum absolute atomic E-state index is 0.216. The number of benzene rings is 1. The molecule has 0 amide bonds. The molecule has 1 rings (SSSR count). The Morgan fingerprint density at radius 3 is 2.53 bits per heavy atom. The minimum Gasteiger partial charge on any atom is -0.207 e. The molecule has 0 aliphatic carbocycles. The lowest BCUT2D eigenvalue weighted by molar-refractivity contribution is 0.665. The summed E-state index contributed by atoms with van der Waals surface area (Å²) in [6.07, 6.45) is 8.48. The maximum absolute atomic E-state index is 12.8. The second-order valence-corrected chi connectivity index (χ2v) is 4.18. The lowest BCUT2D eigenvalue weighted by Gasteiger charge is -2.08. The van der Waals surface area contributed by atoms with Gasteiger partial charge in [0.15, 0.2) is 0 Å². The molecule has 0 N–H and O–H groups in total. The van der Waals surface area contributed by atoms with Crippen molar-refractivity contribution < 1.29 is 4.39 Å². The maximum Gasteiger partial charge on any atom is 0.118 e. The molecule has 0 heterocycles. The van der Waals surface area contributed by atoms with Gasteiger partial charge in [-0.25, -0.2) is 4.39 Å². The summed E-state index contributed by atoms with van der Waals surface area (Å²) in [6, 6.07) is 8.26. The van der Waals surface area contributed by atoms with Gasteiger partial charge in [0.05, 0.1) is 0 Å². The molecule has 0 saturated heterocycles. The number of hydrogen-bond acceptors (Lipinski definition) is 0. The molecule has 1 heteroatoms. The Labute approximate surface area is 103 Å². The van der Waals surface area contributed by atoms with E-state index in [-0.39, 0.29) is 5.83 Å². The van der Waals surface area contributed by atoms with Crippen LogP contribution in [0.4, 0.5) is 4.39 Å². The van der Waals surface area contributed by atoms with E-state index in [1.165, 1.54) is 23.3 Å². The third kappa shape index (κ3) is 4.39. The van der Waals surface area contributed by atoms with Crippen molar-refractivity contribution in [3.8, 4) is 0 Å². The summed E-state index contributed by atoms with van der Waals surface area (Å²) >= 11 is 0. The summed E-state index contributed by atoms with van der Waals surface area (Å²) < 4.78 is 12.8. The number of halogens is 1. The Kier molecular flexibility index (Phi) is 5.41. The summed E-state index contributed by atoms with van der Waals surface area (Å²) in [6.45, 7) is 6.02. The predicted molar refractivity (Wildman–Crippen MR) is 73.6 cm³/mol. The fraction of sp³-hybridized carbons (Fsp3) is 0.250. The summed E-state index contributed by atoms with van der Waals surface area (Å²) in [7, 11) is 0. The van der Waals surface area contributed by atoms with Crippen molar-refractivity contribution in [2.75, 3.05) is 0 Å². The summed E-state index contributed by atoms with van der Waals surface area (Å²) in [5, 5.41) is 0. The van der Waals surface area contributed by atoms with Gasteiger partial charge >= 0.3 is 0 Å². The molecule has 90 valence electrons. The molecule has 0 saturated carbocycles. The molecule has 1 aromatic rings. The molecule has 17 heavy (non-hydrogen) atoms. The van der Waals surface area contributed by atoms with Crippen LogP contribution in [0.3, 0.4) is 0 Å². The van der Waals surface area contributed by atoms with Gasteiger partial charge < -0.3 is 0 Å². The molecular formula is C16H19F. The predicted octanol–water partition coefficient (Wildman–Crippen LogP) is 5.25. The smallest absolute Gasteiger partial charge is 0.118 e. The zero-order valence-corrected chi connectivity index (χ0v) is 10.7. The number of hydrogen-bond donors (Lipinski definition) is 0. The van der Waals surface area contributed by atoms with E-state index >= 15 is 0 Å². The van der Waals surface area contributed by atoms with Crippen LogP contribution in [0.25, 0.3) is 6.08 Å². The largest absolute Gasteiger partial charge is 0.207 e. The fourth-order valence-corrected chi connectivity index (χ4v) is 1.59. The lowest BCUT2D eigenvalue weighted by Crippen LogP contribution is -1.90. The fourth-order valence-electron chi connectivity index (χ4n) is 1.59. The van der Waals surface area contributed by atoms with Crippen molar-refractivity contribution in [3.05, 3.63) is 65.5 Å². The Bertz CT molecular complexity index is 437.